The van der Waals surface area contributed by atoms with Crippen LogP contribution in [-0.2, 0) is 10.0 Å². The Balaban J connectivity index is 2.40. The van der Waals surface area contributed by atoms with Crippen LogP contribution in [0.1, 0.15) is 28.9 Å². The summed E-state index contributed by atoms with van der Waals surface area (Å²) in [5, 5.41) is 12.1. The normalized spacial score (nSPS) is 12.4. The Bertz CT molecular complexity index is 864. The summed E-state index contributed by atoms with van der Waals surface area (Å²) in [7, 11) is -3.93. The fraction of sp³-hybridized carbons (Fsp3) is 0.167. The molecule has 0 heterocycles. The van der Waals surface area contributed by atoms with E-state index in [-0.39, 0.29) is 10.5 Å². The van der Waals surface area contributed by atoms with Crippen molar-refractivity contribution in [2.45, 2.75) is 17.9 Å². The number of nitrogens with one attached hydrogen (secondary N) is 2. The van der Waals surface area contributed by atoms with Crippen molar-refractivity contribution in [2.24, 2.45) is 0 Å². The van der Waals surface area contributed by atoms with Gasteiger partial charge in [0.25, 0.3) is 0 Å². The molecule has 7 heteroatoms. The molecule has 0 aromatic heterocycles. The Labute approximate surface area is 147 Å². The summed E-state index contributed by atoms with van der Waals surface area (Å²) in [5.41, 5.74) is 1.02. The predicted molar refractivity (Wildman–Crippen MR) is 97.3 cm³/mol. The Hall–Kier alpha value is -2.64. The molecule has 0 saturated carbocycles. The lowest BCUT2D eigenvalue weighted by Gasteiger charge is -2.17. The van der Waals surface area contributed by atoms with Crippen LogP contribution in [0, 0.1) is 0 Å². The third kappa shape index (κ3) is 4.68. The van der Waals surface area contributed by atoms with Crippen LogP contribution in [0.3, 0.4) is 0 Å². The van der Waals surface area contributed by atoms with Gasteiger partial charge in [-0.25, -0.2) is 17.9 Å². The van der Waals surface area contributed by atoms with Gasteiger partial charge in [0.15, 0.2) is 0 Å². The number of benzene rings is 2. The van der Waals surface area contributed by atoms with Crippen molar-refractivity contribution in [1.29, 1.82) is 0 Å². The molecule has 0 fully saturated rings. The first-order valence-electron chi connectivity index (χ1n) is 7.64. The lowest BCUT2D eigenvalue weighted by atomic mass is 10.1. The number of carboxylic acid groups (broad SMARTS) is 1. The Kier molecular flexibility index (Phi) is 5.95. The molecule has 0 spiro atoms. The zero-order chi connectivity index (χ0) is 18.4. The highest BCUT2D eigenvalue weighted by Gasteiger charge is 2.23. The van der Waals surface area contributed by atoms with E-state index in [9.17, 15) is 13.2 Å². The summed E-state index contributed by atoms with van der Waals surface area (Å²) in [6.45, 7) is 5.66. The van der Waals surface area contributed by atoms with Crippen molar-refractivity contribution in [3.63, 3.8) is 0 Å². The summed E-state index contributed by atoms with van der Waals surface area (Å²) in [5.74, 6) is -1.19. The highest BCUT2D eigenvalue weighted by Crippen LogP contribution is 2.25. The van der Waals surface area contributed by atoms with Crippen LogP contribution in [0.2, 0.25) is 0 Å². The van der Waals surface area contributed by atoms with Gasteiger partial charge in [-0.1, -0.05) is 36.4 Å². The highest BCUT2D eigenvalue weighted by molar-refractivity contribution is 7.89. The number of carbonyl (C=O) groups is 1. The number of rotatable bonds is 8. The average molecular weight is 360 g/mol. The van der Waals surface area contributed by atoms with Crippen LogP contribution in [0.25, 0.3) is 0 Å². The Morgan fingerprint density at radius 3 is 2.52 bits per heavy atom. The molecule has 2 aromatic rings. The second-order valence-electron chi connectivity index (χ2n) is 5.44. The van der Waals surface area contributed by atoms with Crippen molar-refractivity contribution in [3.05, 3.63) is 72.3 Å². The van der Waals surface area contributed by atoms with Gasteiger partial charge in [0.05, 0.1) is 11.3 Å². The molecule has 0 saturated heterocycles. The topological polar surface area (TPSA) is 95.5 Å². The first-order chi connectivity index (χ1) is 11.8. The minimum atomic E-state index is -3.93. The number of sulfonamides is 1. The molecule has 0 radical (unpaired) electrons. The highest BCUT2D eigenvalue weighted by atomic mass is 32.2. The van der Waals surface area contributed by atoms with E-state index in [2.05, 4.69) is 16.6 Å². The summed E-state index contributed by atoms with van der Waals surface area (Å²) in [6, 6.07) is 12.6. The molecule has 2 aromatic carbocycles. The molecule has 0 bridgehead atoms. The monoisotopic (exact) mass is 360 g/mol. The van der Waals surface area contributed by atoms with Gasteiger partial charge in [-0.05, 0) is 30.7 Å². The van der Waals surface area contributed by atoms with Crippen LogP contribution in [0.15, 0.2) is 66.1 Å². The maximum absolute atomic E-state index is 12.8. The molecule has 0 aliphatic rings. The third-order valence-corrected chi connectivity index (χ3v) is 5.17. The molecule has 132 valence electrons. The predicted octanol–water partition coefficient (Wildman–Crippen LogP) is 3.02. The van der Waals surface area contributed by atoms with Gasteiger partial charge < -0.3 is 10.4 Å². The summed E-state index contributed by atoms with van der Waals surface area (Å²) < 4.78 is 28.2. The van der Waals surface area contributed by atoms with Crippen molar-refractivity contribution < 1.29 is 18.3 Å². The second kappa shape index (κ2) is 7.96. The number of hydrogen-bond donors (Lipinski definition) is 3. The average Bonchev–Trinajstić information content (AvgIpc) is 2.60. The molecule has 6 nitrogen and oxygen atoms in total. The van der Waals surface area contributed by atoms with Crippen molar-refractivity contribution in [2.75, 3.05) is 11.9 Å². The fourth-order valence-corrected chi connectivity index (χ4v) is 3.75. The molecule has 0 amide bonds. The molecular weight excluding hydrogens is 340 g/mol. The van der Waals surface area contributed by atoms with E-state index >= 15 is 0 Å². The van der Waals surface area contributed by atoms with E-state index in [0.717, 1.165) is 11.6 Å². The van der Waals surface area contributed by atoms with Crippen LogP contribution < -0.4 is 10.0 Å². The number of anilines is 1. The van der Waals surface area contributed by atoms with Crippen molar-refractivity contribution in [3.8, 4) is 0 Å². The summed E-state index contributed by atoms with van der Waals surface area (Å²) >= 11 is 0. The second-order valence-corrected chi connectivity index (χ2v) is 7.12. The molecule has 2 rings (SSSR count). The van der Waals surface area contributed by atoms with Gasteiger partial charge in [-0.3, -0.25) is 0 Å². The van der Waals surface area contributed by atoms with Crippen molar-refractivity contribution >= 4 is 21.7 Å². The first kappa shape index (κ1) is 18.7. The number of hydrogen-bond acceptors (Lipinski definition) is 4. The maximum Gasteiger partial charge on any atom is 0.335 e. The Morgan fingerprint density at radius 1 is 1.24 bits per heavy atom. The van der Waals surface area contributed by atoms with Crippen LogP contribution in [0.5, 0.6) is 0 Å². The minimum Gasteiger partial charge on any atom is -0.478 e. The smallest absolute Gasteiger partial charge is 0.335 e. The lowest BCUT2D eigenvalue weighted by molar-refractivity contribution is 0.0696. The van der Waals surface area contributed by atoms with Gasteiger partial charge in [-0.2, -0.15) is 0 Å². The quantitative estimate of drug-likeness (QED) is 0.629. The standard InChI is InChI=1S/C18H20N2O4S/c1-3-11-19-16-10-9-15(18(21)22)12-17(16)25(23,24)20-13(2)14-7-5-4-6-8-14/h3-10,12-13,19-20H,1,11H2,2H3,(H,21,22)/t13-/m0/s1. The molecule has 0 aliphatic heterocycles. The SMILES string of the molecule is C=CCNc1ccc(C(=O)O)cc1S(=O)(=O)N[C@@H](C)c1ccccc1. The number of carboxylic acids is 1. The van der Waals surface area contributed by atoms with Crippen LogP contribution in [-0.4, -0.2) is 26.0 Å². The zero-order valence-corrected chi connectivity index (χ0v) is 14.6. The van der Waals surface area contributed by atoms with Crippen molar-refractivity contribution in [1.82, 2.24) is 4.72 Å². The summed E-state index contributed by atoms with van der Waals surface area (Å²) in [6.07, 6.45) is 1.58. The zero-order valence-electron chi connectivity index (χ0n) is 13.8. The van der Waals surface area contributed by atoms with E-state index in [0.29, 0.717) is 12.2 Å². The molecule has 3 N–H and O–H groups in total. The molecule has 0 aliphatic carbocycles. The number of aromatic carboxylic acids is 1. The van der Waals surface area contributed by atoms with Crippen LogP contribution in [0.4, 0.5) is 5.69 Å². The van der Waals surface area contributed by atoms with E-state index in [4.69, 9.17) is 5.11 Å². The first-order valence-corrected chi connectivity index (χ1v) is 9.13. The van der Waals surface area contributed by atoms with E-state index in [1.807, 2.05) is 30.3 Å². The van der Waals surface area contributed by atoms with E-state index in [1.54, 1.807) is 13.0 Å². The molecule has 1 atom stereocenters. The molecular formula is C18H20N2O4S. The largest absolute Gasteiger partial charge is 0.478 e. The summed E-state index contributed by atoms with van der Waals surface area (Å²) in [4.78, 5) is 11.1. The van der Waals surface area contributed by atoms with Gasteiger partial charge >= 0.3 is 5.97 Å². The fourth-order valence-electron chi connectivity index (χ4n) is 2.31. The minimum absolute atomic E-state index is 0.100. The third-order valence-electron chi connectivity index (χ3n) is 3.59. The van der Waals surface area contributed by atoms with Gasteiger partial charge in [0.2, 0.25) is 10.0 Å². The Morgan fingerprint density at radius 2 is 1.92 bits per heavy atom. The maximum atomic E-state index is 12.8. The van der Waals surface area contributed by atoms with E-state index in [1.165, 1.54) is 12.1 Å². The van der Waals surface area contributed by atoms with E-state index < -0.39 is 22.0 Å². The van der Waals surface area contributed by atoms with Gasteiger partial charge in [0.1, 0.15) is 4.90 Å². The van der Waals surface area contributed by atoms with Gasteiger partial charge in [-0.15, -0.1) is 6.58 Å². The lowest BCUT2D eigenvalue weighted by Crippen LogP contribution is -2.28. The molecule has 25 heavy (non-hydrogen) atoms. The van der Waals surface area contributed by atoms with Crippen LogP contribution >= 0.6 is 0 Å². The van der Waals surface area contributed by atoms with Gasteiger partial charge in [0, 0.05) is 12.6 Å². The molecule has 0 unspecified atom stereocenters.